The molecule has 0 unspecified atom stereocenters. The van der Waals surface area contributed by atoms with Gasteiger partial charge in [0.05, 0.1) is 0 Å². The van der Waals surface area contributed by atoms with Gasteiger partial charge in [0.25, 0.3) is 0 Å². The first kappa shape index (κ1) is 20.0. The molecule has 0 aliphatic carbocycles. The smallest absolute Gasteiger partial charge is 0.407 e. The van der Waals surface area contributed by atoms with Crippen molar-refractivity contribution in [1.29, 1.82) is 0 Å². The van der Waals surface area contributed by atoms with Gasteiger partial charge in [0, 0.05) is 19.5 Å². The zero-order valence-corrected chi connectivity index (χ0v) is 14.8. The Morgan fingerprint density at radius 1 is 1.04 bits per heavy atom. The van der Waals surface area contributed by atoms with Crippen LogP contribution in [0.3, 0.4) is 0 Å². The van der Waals surface area contributed by atoms with E-state index in [2.05, 4.69) is 10.6 Å². The lowest BCUT2D eigenvalue weighted by atomic mass is 10.2. The van der Waals surface area contributed by atoms with Gasteiger partial charge in [-0.25, -0.2) is 4.79 Å². The van der Waals surface area contributed by atoms with Gasteiger partial charge in [0.2, 0.25) is 0 Å². The molecule has 0 aliphatic heterocycles. The molecule has 0 aromatic heterocycles. The second-order valence-electron chi connectivity index (χ2n) is 6.43. The number of amides is 1. The van der Waals surface area contributed by atoms with Crippen molar-refractivity contribution >= 4 is 12.1 Å². The first-order valence-corrected chi connectivity index (χ1v) is 8.24. The number of benzene rings is 1. The van der Waals surface area contributed by atoms with Crippen LogP contribution in [0.25, 0.3) is 0 Å². The molecular formula is C18H28N2O4. The molecule has 134 valence electrons. The number of carbonyl (C=O) groups is 2. The van der Waals surface area contributed by atoms with Crippen molar-refractivity contribution in [1.82, 2.24) is 10.6 Å². The minimum atomic E-state index is -0.436. The predicted octanol–water partition coefficient (Wildman–Crippen LogP) is 2.62. The Labute approximate surface area is 143 Å². The molecule has 6 nitrogen and oxygen atoms in total. The Morgan fingerprint density at radius 3 is 2.42 bits per heavy atom. The highest BCUT2D eigenvalue weighted by Crippen LogP contribution is 2.08. The van der Waals surface area contributed by atoms with Gasteiger partial charge in [-0.3, -0.25) is 4.79 Å². The first-order valence-electron chi connectivity index (χ1n) is 8.24. The lowest BCUT2D eigenvalue weighted by Crippen LogP contribution is -2.32. The molecule has 0 aliphatic rings. The molecule has 1 rings (SSSR count). The highest BCUT2D eigenvalue weighted by atomic mass is 16.6. The van der Waals surface area contributed by atoms with Gasteiger partial charge in [-0.15, -0.1) is 0 Å². The van der Waals surface area contributed by atoms with Crippen LogP contribution in [0.15, 0.2) is 30.3 Å². The Bertz CT molecular complexity index is 497. The van der Waals surface area contributed by atoms with E-state index in [4.69, 9.17) is 9.47 Å². The lowest BCUT2D eigenvalue weighted by molar-refractivity contribution is -0.154. The highest BCUT2D eigenvalue weighted by molar-refractivity contribution is 5.69. The van der Waals surface area contributed by atoms with Gasteiger partial charge in [-0.05, 0) is 39.3 Å². The minimum absolute atomic E-state index is 0.188. The van der Waals surface area contributed by atoms with Crippen LogP contribution in [-0.2, 0) is 20.9 Å². The van der Waals surface area contributed by atoms with Gasteiger partial charge in [0.1, 0.15) is 12.2 Å². The molecule has 0 saturated carbocycles. The fourth-order valence-electron chi connectivity index (χ4n) is 1.90. The Balaban J connectivity index is 1.96. The fourth-order valence-corrected chi connectivity index (χ4v) is 1.90. The zero-order chi connectivity index (χ0) is 17.8. The highest BCUT2D eigenvalue weighted by Gasteiger charge is 2.15. The van der Waals surface area contributed by atoms with E-state index in [0.29, 0.717) is 32.5 Å². The maximum Gasteiger partial charge on any atom is 0.407 e. The Morgan fingerprint density at radius 2 is 1.75 bits per heavy atom. The Hall–Kier alpha value is -2.08. The quantitative estimate of drug-likeness (QED) is 0.535. The zero-order valence-electron chi connectivity index (χ0n) is 14.8. The Kier molecular flexibility index (Phi) is 8.86. The fraction of sp³-hybridized carbons (Fsp3) is 0.556. The van der Waals surface area contributed by atoms with Crippen molar-refractivity contribution in [3.63, 3.8) is 0 Å². The molecule has 2 N–H and O–H groups in total. The van der Waals surface area contributed by atoms with Gasteiger partial charge < -0.3 is 20.1 Å². The molecule has 1 aromatic rings. The number of esters is 1. The molecule has 0 spiro atoms. The average Bonchev–Trinajstić information content (AvgIpc) is 2.51. The SMILES string of the molecule is CC(C)(C)OC(=O)CCCNCCNC(=O)OCc1ccccc1. The number of rotatable bonds is 9. The summed E-state index contributed by atoms with van der Waals surface area (Å²) in [4.78, 5) is 23.0. The number of hydrogen-bond donors (Lipinski definition) is 2. The molecule has 0 bridgehead atoms. The maximum atomic E-state index is 11.5. The molecule has 0 heterocycles. The van der Waals surface area contributed by atoms with E-state index in [1.165, 1.54) is 0 Å². The third-order valence-corrected chi connectivity index (χ3v) is 2.94. The summed E-state index contributed by atoms with van der Waals surface area (Å²) >= 11 is 0. The van der Waals surface area contributed by atoms with Crippen molar-refractivity contribution in [2.45, 2.75) is 45.8 Å². The van der Waals surface area contributed by atoms with Gasteiger partial charge in [-0.1, -0.05) is 30.3 Å². The molecule has 0 atom stereocenters. The topological polar surface area (TPSA) is 76.7 Å². The third-order valence-electron chi connectivity index (χ3n) is 2.94. The van der Waals surface area contributed by atoms with E-state index >= 15 is 0 Å². The minimum Gasteiger partial charge on any atom is -0.460 e. The van der Waals surface area contributed by atoms with Gasteiger partial charge >= 0.3 is 12.1 Å². The van der Waals surface area contributed by atoms with Crippen molar-refractivity contribution in [3.8, 4) is 0 Å². The monoisotopic (exact) mass is 336 g/mol. The van der Waals surface area contributed by atoms with Crippen LogP contribution in [0, 0.1) is 0 Å². The normalized spacial score (nSPS) is 11.0. The summed E-state index contributed by atoms with van der Waals surface area (Å²) in [5.74, 6) is -0.188. The summed E-state index contributed by atoms with van der Waals surface area (Å²) in [6.07, 6.45) is 0.652. The molecule has 0 fully saturated rings. The van der Waals surface area contributed by atoms with E-state index in [0.717, 1.165) is 5.56 Å². The molecule has 24 heavy (non-hydrogen) atoms. The number of ether oxygens (including phenoxy) is 2. The number of carbonyl (C=O) groups excluding carboxylic acids is 2. The van der Waals surface area contributed by atoms with Gasteiger partial charge in [0.15, 0.2) is 0 Å². The summed E-state index contributed by atoms with van der Waals surface area (Å²) < 4.78 is 10.3. The molecule has 0 radical (unpaired) electrons. The van der Waals surface area contributed by atoms with Crippen LogP contribution in [0.5, 0.6) is 0 Å². The van der Waals surface area contributed by atoms with Crippen LogP contribution in [0.4, 0.5) is 4.79 Å². The van der Waals surface area contributed by atoms with Crippen LogP contribution < -0.4 is 10.6 Å². The molecule has 6 heteroatoms. The summed E-state index contributed by atoms with van der Waals surface area (Å²) in [5, 5.41) is 5.82. The summed E-state index contributed by atoms with van der Waals surface area (Å²) in [5.41, 5.74) is 0.516. The number of nitrogens with one attached hydrogen (secondary N) is 2. The van der Waals surface area contributed by atoms with E-state index < -0.39 is 11.7 Å². The third kappa shape index (κ3) is 10.6. The van der Waals surface area contributed by atoms with Crippen molar-refractivity contribution < 1.29 is 19.1 Å². The lowest BCUT2D eigenvalue weighted by Gasteiger charge is -2.19. The van der Waals surface area contributed by atoms with Crippen LogP contribution in [0.2, 0.25) is 0 Å². The van der Waals surface area contributed by atoms with Crippen molar-refractivity contribution in [2.75, 3.05) is 19.6 Å². The van der Waals surface area contributed by atoms with Crippen molar-refractivity contribution in [2.24, 2.45) is 0 Å². The van der Waals surface area contributed by atoms with E-state index in [1.54, 1.807) is 0 Å². The standard InChI is InChI=1S/C18H28N2O4/c1-18(2,3)24-16(21)10-7-11-19-12-13-20-17(22)23-14-15-8-5-4-6-9-15/h4-6,8-9,19H,7,10-14H2,1-3H3,(H,20,22). The summed E-state index contributed by atoms with van der Waals surface area (Å²) in [7, 11) is 0. The second-order valence-corrected chi connectivity index (χ2v) is 6.43. The maximum absolute atomic E-state index is 11.5. The molecule has 1 aromatic carbocycles. The van der Waals surface area contributed by atoms with Crippen LogP contribution in [-0.4, -0.2) is 37.3 Å². The second kappa shape index (κ2) is 10.6. The molecule has 1 amide bonds. The first-order chi connectivity index (χ1) is 11.4. The van der Waals surface area contributed by atoms with Crippen LogP contribution >= 0.6 is 0 Å². The van der Waals surface area contributed by atoms with E-state index in [-0.39, 0.29) is 12.6 Å². The predicted molar refractivity (Wildman–Crippen MR) is 92.6 cm³/mol. The van der Waals surface area contributed by atoms with Crippen molar-refractivity contribution in [3.05, 3.63) is 35.9 Å². The molecular weight excluding hydrogens is 308 g/mol. The van der Waals surface area contributed by atoms with E-state index in [9.17, 15) is 9.59 Å². The largest absolute Gasteiger partial charge is 0.460 e. The molecule has 0 saturated heterocycles. The number of alkyl carbamates (subject to hydrolysis) is 1. The van der Waals surface area contributed by atoms with Crippen LogP contribution in [0.1, 0.15) is 39.2 Å². The summed E-state index contributed by atoms with van der Waals surface area (Å²) in [6, 6.07) is 9.52. The average molecular weight is 336 g/mol. The number of hydrogen-bond acceptors (Lipinski definition) is 5. The van der Waals surface area contributed by atoms with Gasteiger partial charge in [-0.2, -0.15) is 0 Å². The summed E-state index contributed by atoms with van der Waals surface area (Å²) in [6.45, 7) is 7.61. The van der Waals surface area contributed by atoms with E-state index in [1.807, 2.05) is 51.1 Å².